The Morgan fingerprint density at radius 3 is 2.32 bits per heavy atom. The Bertz CT molecular complexity index is 725. The normalized spacial score (nSPS) is 14.6. The molecule has 5 heteroatoms. The lowest BCUT2D eigenvalue weighted by molar-refractivity contribution is -0.126. The van der Waals surface area contributed by atoms with Crippen LogP contribution in [0.5, 0.6) is 11.5 Å². The van der Waals surface area contributed by atoms with Crippen LogP contribution in [0.1, 0.15) is 42.5 Å². The molecule has 1 saturated carbocycles. The smallest absolute Gasteiger partial charge is 0.269 e. The van der Waals surface area contributed by atoms with Crippen LogP contribution in [0.15, 0.2) is 54.6 Å². The molecular weight excluding hydrogens is 316 g/mol. The molecular formula is C20H22N2O3. The first-order chi connectivity index (χ1) is 12.2. The first-order valence-corrected chi connectivity index (χ1v) is 8.65. The van der Waals surface area contributed by atoms with Gasteiger partial charge in [-0.2, -0.15) is 0 Å². The van der Waals surface area contributed by atoms with E-state index in [0.717, 1.165) is 25.7 Å². The highest BCUT2D eigenvalue weighted by molar-refractivity contribution is 5.95. The molecule has 2 aromatic rings. The number of hydrogen-bond acceptors (Lipinski definition) is 3. The first-order valence-electron chi connectivity index (χ1n) is 8.65. The molecule has 130 valence electrons. The molecule has 3 rings (SSSR count). The maximum absolute atomic E-state index is 12.3. The van der Waals surface area contributed by atoms with Crippen LogP contribution in [-0.2, 0) is 4.79 Å². The van der Waals surface area contributed by atoms with Gasteiger partial charge in [0.05, 0.1) is 0 Å². The number of ether oxygens (including phenoxy) is 1. The summed E-state index contributed by atoms with van der Waals surface area (Å²) in [5.74, 6) is 0.803. The molecule has 0 bridgehead atoms. The zero-order valence-electron chi connectivity index (χ0n) is 14.0. The highest BCUT2D eigenvalue weighted by Gasteiger charge is 2.21. The van der Waals surface area contributed by atoms with Gasteiger partial charge in [0.15, 0.2) is 0 Å². The van der Waals surface area contributed by atoms with Crippen LogP contribution in [0.25, 0.3) is 0 Å². The fourth-order valence-corrected chi connectivity index (χ4v) is 2.98. The fraction of sp³-hybridized carbons (Fsp3) is 0.300. The van der Waals surface area contributed by atoms with E-state index in [2.05, 4.69) is 10.9 Å². The summed E-state index contributed by atoms with van der Waals surface area (Å²) in [4.78, 5) is 24.3. The van der Waals surface area contributed by atoms with Crippen molar-refractivity contribution in [1.82, 2.24) is 10.9 Å². The Labute approximate surface area is 147 Å². The Hall–Kier alpha value is -2.82. The minimum absolute atomic E-state index is 0.00167. The maximum Gasteiger partial charge on any atom is 0.269 e. The molecule has 2 amide bonds. The predicted octanol–water partition coefficient (Wildman–Crippen LogP) is 3.82. The monoisotopic (exact) mass is 338 g/mol. The SMILES string of the molecule is O=C(NNC(=O)C1CCCCC1)c1cccc(Oc2ccccc2)c1. The van der Waals surface area contributed by atoms with Crippen LogP contribution in [0, 0.1) is 5.92 Å². The summed E-state index contributed by atoms with van der Waals surface area (Å²) in [6, 6.07) is 16.2. The number of carbonyl (C=O) groups excluding carboxylic acids is 2. The third-order valence-corrected chi connectivity index (χ3v) is 4.35. The fourth-order valence-electron chi connectivity index (χ4n) is 2.98. The maximum atomic E-state index is 12.3. The average Bonchev–Trinajstić information content (AvgIpc) is 2.67. The van der Waals surface area contributed by atoms with Crippen molar-refractivity contribution in [3.63, 3.8) is 0 Å². The van der Waals surface area contributed by atoms with Gasteiger partial charge >= 0.3 is 0 Å². The summed E-state index contributed by atoms with van der Waals surface area (Å²) in [5.41, 5.74) is 5.46. The summed E-state index contributed by atoms with van der Waals surface area (Å²) in [6.45, 7) is 0. The van der Waals surface area contributed by atoms with Crippen molar-refractivity contribution in [3.8, 4) is 11.5 Å². The van der Waals surface area contributed by atoms with Crippen molar-refractivity contribution in [1.29, 1.82) is 0 Å². The number of hydrazine groups is 1. The lowest BCUT2D eigenvalue weighted by Gasteiger charge is -2.20. The molecule has 0 heterocycles. The van der Waals surface area contributed by atoms with Gasteiger partial charge in [0.2, 0.25) is 5.91 Å². The van der Waals surface area contributed by atoms with E-state index in [1.807, 2.05) is 30.3 Å². The van der Waals surface area contributed by atoms with E-state index >= 15 is 0 Å². The largest absolute Gasteiger partial charge is 0.457 e. The number of benzene rings is 2. The van der Waals surface area contributed by atoms with Gasteiger partial charge in [-0.25, -0.2) is 0 Å². The molecule has 0 radical (unpaired) electrons. The van der Waals surface area contributed by atoms with Crippen molar-refractivity contribution in [2.45, 2.75) is 32.1 Å². The second kappa shape index (κ2) is 8.33. The number of para-hydroxylation sites is 1. The van der Waals surface area contributed by atoms with Gasteiger partial charge in [0, 0.05) is 11.5 Å². The molecule has 5 nitrogen and oxygen atoms in total. The molecule has 1 fully saturated rings. The minimum Gasteiger partial charge on any atom is -0.457 e. The van der Waals surface area contributed by atoms with Crippen molar-refractivity contribution < 1.29 is 14.3 Å². The van der Waals surface area contributed by atoms with Crippen molar-refractivity contribution in [2.24, 2.45) is 5.92 Å². The van der Waals surface area contributed by atoms with Gasteiger partial charge in [-0.1, -0.05) is 43.5 Å². The van der Waals surface area contributed by atoms with E-state index < -0.39 is 0 Å². The standard InChI is InChI=1S/C20H22N2O3/c23-19(15-8-3-1-4-9-15)21-22-20(24)16-10-7-13-18(14-16)25-17-11-5-2-6-12-17/h2,5-7,10-15H,1,3-4,8-9H2,(H,21,23)(H,22,24). The predicted molar refractivity (Wildman–Crippen MR) is 95.1 cm³/mol. The zero-order valence-corrected chi connectivity index (χ0v) is 14.0. The van der Waals surface area contributed by atoms with Crippen LogP contribution in [0.2, 0.25) is 0 Å². The van der Waals surface area contributed by atoms with Crippen molar-refractivity contribution in [2.75, 3.05) is 0 Å². The Morgan fingerprint density at radius 2 is 1.56 bits per heavy atom. The summed E-state index contributed by atoms with van der Waals surface area (Å²) in [7, 11) is 0. The topological polar surface area (TPSA) is 67.4 Å². The molecule has 25 heavy (non-hydrogen) atoms. The number of rotatable bonds is 4. The molecule has 2 aromatic carbocycles. The van der Waals surface area contributed by atoms with Crippen LogP contribution >= 0.6 is 0 Å². The second-order valence-corrected chi connectivity index (χ2v) is 6.22. The number of hydrogen-bond donors (Lipinski definition) is 2. The zero-order chi connectivity index (χ0) is 17.5. The average molecular weight is 338 g/mol. The van der Waals surface area contributed by atoms with E-state index in [1.165, 1.54) is 6.42 Å². The van der Waals surface area contributed by atoms with E-state index in [1.54, 1.807) is 24.3 Å². The minimum atomic E-state index is -0.359. The van der Waals surface area contributed by atoms with Gasteiger partial charge < -0.3 is 4.74 Å². The summed E-state index contributed by atoms with van der Waals surface area (Å²) in [6.07, 6.45) is 5.12. The van der Waals surface area contributed by atoms with Crippen molar-refractivity contribution >= 4 is 11.8 Å². The lowest BCUT2D eigenvalue weighted by Crippen LogP contribution is -2.44. The Kier molecular flexibility index (Phi) is 5.67. The van der Waals surface area contributed by atoms with Gasteiger partial charge in [0.25, 0.3) is 5.91 Å². The molecule has 0 spiro atoms. The first kappa shape index (κ1) is 17.0. The van der Waals surface area contributed by atoms with E-state index in [0.29, 0.717) is 17.1 Å². The number of carbonyl (C=O) groups is 2. The van der Waals surface area contributed by atoms with Crippen LogP contribution in [0.4, 0.5) is 0 Å². The van der Waals surface area contributed by atoms with Gasteiger partial charge in [-0.15, -0.1) is 0 Å². The molecule has 1 aliphatic carbocycles. The molecule has 0 aromatic heterocycles. The summed E-state index contributed by atoms with van der Waals surface area (Å²) in [5, 5.41) is 0. The molecule has 2 N–H and O–H groups in total. The Morgan fingerprint density at radius 1 is 0.840 bits per heavy atom. The number of amides is 2. The van der Waals surface area contributed by atoms with E-state index in [9.17, 15) is 9.59 Å². The highest BCUT2D eigenvalue weighted by Crippen LogP contribution is 2.24. The quantitative estimate of drug-likeness (QED) is 0.833. The van der Waals surface area contributed by atoms with E-state index in [-0.39, 0.29) is 17.7 Å². The molecule has 0 atom stereocenters. The molecule has 0 saturated heterocycles. The Balaban J connectivity index is 1.56. The molecule has 0 unspecified atom stereocenters. The number of nitrogens with one attached hydrogen (secondary N) is 2. The van der Waals surface area contributed by atoms with Crippen molar-refractivity contribution in [3.05, 3.63) is 60.2 Å². The van der Waals surface area contributed by atoms with Gasteiger partial charge in [-0.3, -0.25) is 20.4 Å². The summed E-state index contributed by atoms with van der Waals surface area (Å²) < 4.78 is 5.72. The van der Waals surface area contributed by atoms with Gasteiger partial charge in [-0.05, 0) is 43.2 Å². The molecule has 0 aliphatic heterocycles. The van der Waals surface area contributed by atoms with Crippen LogP contribution in [-0.4, -0.2) is 11.8 Å². The van der Waals surface area contributed by atoms with Crippen LogP contribution in [0.3, 0.4) is 0 Å². The highest BCUT2D eigenvalue weighted by atomic mass is 16.5. The third kappa shape index (κ3) is 4.83. The van der Waals surface area contributed by atoms with Gasteiger partial charge in [0.1, 0.15) is 11.5 Å². The summed E-state index contributed by atoms with van der Waals surface area (Å²) >= 11 is 0. The van der Waals surface area contributed by atoms with Crippen LogP contribution < -0.4 is 15.6 Å². The third-order valence-electron chi connectivity index (χ3n) is 4.35. The molecule has 1 aliphatic rings. The van der Waals surface area contributed by atoms with E-state index in [4.69, 9.17) is 4.74 Å². The lowest BCUT2D eigenvalue weighted by atomic mass is 9.89. The second-order valence-electron chi connectivity index (χ2n) is 6.22.